The topological polar surface area (TPSA) is 75.4 Å². The minimum atomic E-state index is -0.113. The lowest BCUT2D eigenvalue weighted by atomic mass is 10.0. The van der Waals surface area contributed by atoms with E-state index in [-0.39, 0.29) is 17.9 Å². The van der Waals surface area contributed by atoms with Crippen LogP contribution in [0.2, 0.25) is 0 Å². The molecule has 4 nitrogen and oxygen atoms in total. The van der Waals surface area contributed by atoms with Crippen LogP contribution in [-0.2, 0) is 0 Å². The summed E-state index contributed by atoms with van der Waals surface area (Å²) in [7, 11) is 0. The fourth-order valence-electron chi connectivity index (χ4n) is 1.98. The van der Waals surface area contributed by atoms with Gasteiger partial charge in [0, 0.05) is 28.9 Å². The second-order valence-electron chi connectivity index (χ2n) is 4.89. The molecular weight excluding hydrogens is 296 g/mol. The van der Waals surface area contributed by atoms with Crippen molar-refractivity contribution in [3.8, 4) is 0 Å². The van der Waals surface area contributed by atoms with E-state index in [4.69, 9.17) is 10.8 Å². The lowest BCUT2D eigenvalue weighted by Crippen LogP contribution is -2.30. The van der Waals surface area contributed by atoms with E-state index in [9.17, 15) is 4.79 Å². The van der Waals surface area contributed by atoms with Crippen LogP contribution in [-0.4, -0.2) is 24.2 Å². The highest BCUT2D eigenvalue weighted by Crippen LogP contribution is 2.47. The van der Waals surface area contributed by atoms with Crippen molar-refractivity contribution in [2.24, 2.45) is 5.41 Å². The van der Waals surface area contributed by atoms with E-state index in [0.717, 1.165) is 23.7 Å². The molecule has 1 aromatic rings. The van der Waals surface area contributed by atoms with E-state index in [1.807, 2.05) is 0 Å². The van der Waals surface area contributed by atoms with Crippen LogP contribution in [0.25, 0.3) is 0 Å². The minimum absolute atomic E-state index is 0.113. The molecule has 98 valence electrons. The Morgan fingerprint density at radius 2 is 2.22 bits per heavy atom. The summed E-state index contributed by atoms with van der Waals surface area (Å²) in [6.45, 7) is 0.809. The first-order valence-electron chi connectivity index (χ1n) is 6.00. The van der Waals surface area contributed by atoms with E-state index >= 15 is 0 Å². The van der Waals surface area contributed by atoms with Crippen LogP contribution in [0.5, 0.6) is 0 Å². The summed E-state index contributed by atoms with van der Waals surface area (Å²) in [6.07, 6.45) is 2.92. The van der Waals surface area contributed by atoms with Crippen LogP contribution in [0, 0.1) is 5.41 Å². The highest BCUT2D eigenvalue weighted by Gasteiger charge is 2.41. The Labute approximate surface area is 115 Å². The van der Waals surface area contributed by atoms with Crippen LogP contribution < -0.4 is 11.1 Å². The first-order chi connectivity index (χ1) is 8.56. The van der Waals surface area contributed by atoms with Gasteiger partial charge in [0.2, 0.25) is 0 Å². The molecule has 0 spiro atoms. The number of hydrogen-bond donors (Lipinski definition) is 3. The number of anilines is 1. The van der Waals surface area contributed by atoms with Crippen molar-refractivity contribution < 1.29 is 9.90 Å². The van der Waals surface area contributed by atoms with Gasteiger partial charge in [-0.3, -0.25) is 4.79 Å². The van der Waals surface area contributed by atoms with Crippen LogP contribution in [0.15, 0.2) is 22.7 Å². The third kappa shape index (κ3) is 3.03. The summed E-state index contributed by atoms with van der Waals surface area (Å²) < 4.78 is 0.790. The molecule has 1 aliphatic carbocycles. The molecule has 0 saturated heterocycles. The standard InChI is InChI=1S/C13H17BrN2O2/c14-10-2-1-9(7-11(10)15)12(18)16-8-13(3-4-13)5-6-17/h1-2,7,17H,3-6,8,15H2,(H,16,18). The third-order valence-corrected chi connectivity index (χ3v) is 4.20. The van der Waals surface area contributed by atoms with Crippen molar-refractivity contribution in [3.05, 3.63) is 28.2 Å². The SMILES string of the molecule is Nc1cc(C(=O)NCC2(CCO)CC2)ccc1Br. The summed E-state index contributed by atoms with van der Waals surface area (Å²) in [5.74, 6) is -0.113. The molecule has 0 heterocycles. The van der Waals surface area contributed by atoms with E-state index in [2.05, 4.69) is 21.2 Å². The quantitative estimate of drug-likeness (QED) is 0.727. The molecule has 1 aliphatic rings. The van der Waals surface area contributed by atoms with Crippen molar-refractivity contribution in [3.63, 3.8) is 0 Å². The van der Waals surface area contributed by atoms with E-state index < -0.39 is 0 Å². The van der Waals surface area contributed by atoms with Crippen molar-refractivity contribution in [1.82, 2.24) is 5.32 Å². The van der Waals surface area contributed by atoms with Crippen LogP contribution in [0.1, 0.15) is 29.6 Å². The third-order valence-electron chi connectivity index (χ3n) is 3.48. The zero-order chi connectivity index (χ0) is 13.2. The normalized spacial score (nSPS) is 16.3. The highest BCUT2D eigenvalue weighted by molar-refractivity contribution is 9.10. The molecule has 0 bridgehead atoms. The first kappa shape index (κ1) is 13.4. The Morgan fingerprint density at radius 3 is 2.78 bits per heavy atom. The van der Waals surface area contributed by atoms with Crippen LogP contribution in [0.4, 0.5) is 5.69 Å². The van der Waals surface area contributed by atoms with Gasteiger partial charge in [-0.1, -0.05) is 0 Å². The molecule has 1 fully saturated rings. The number of carbonyl (C=O) groups excluding carboxylic acids is 1. The molecule has 1 amide bonds. The Bertz CT molecular complexity index is 458. The van der Waals surface area contributed by atoms with Crippen LogP contribution in [0.3, 0.4) is 0 Å². The van der Waals surface area contributed by atoms with Gasteiger partial charge < -0.3 is 16.2 Å². The second kappa shape index (κ2) is 5.28. The predicted octanol–water partition coefficient (Wildman–Crippen LogP) is 1.92. The Morgan fingerprint density at radius 1 is 1.50 bits per heavy atom. The molecule has 1 saturated carbocycles. The van der Waals surface area contributed by atoms with Crippen molar-refractivity contribution in [2.75, 3.05) is 18.9 Å². The van der Waals surface area contributed by atoms with E-state index in [1.54, 1.807) is 18.2 Å². The maximum absolute atomic E-state index is 11.9. The Balaban J connectivity index is 1.93. The zero-order valence-corrected chi connectivity index (χ0v) is 11.7. The van der Waals surface area contributed by atoms with E-state index in [1.165, 1.54) is 0 Å². The summed E-state index contributed by atoms with van der Waals surface area (Å²) in [6, 6.07) is 5.16. The van der Waals surface area contributed by atoms with Gasteiger partial charge in [0.1, 0.15) is 0 Å². The molecule has 4 N–H and O–H groups in total. The van der Waals surface area contributed by atoms with Gasteiger partial charge >= 0.3 is 0 Å². The summed E-state index contributed by atoms with van der Waals surface area (Å²) in [5, 5.41) is 11.9. The van der Waals surface area contributed by atoms with Crippen molar-refractivity contribution in [2.45, 2.75) is 19.3 Å². The Kier molecular flexibility index (Phi) is 3.92. The minimum Gasteiger partial charge on any atom is -0.398 e. The summed E-state index contributed by atoms with van der Waals surface area (Å²) in [5.41, 5.74) is 6.99. The fourth-order valence-corrected chi connectivity index (χ4v) is 2.23. The van der Waals surface area contributed by atoms with Crippen LogP contribution >= 0.6 is 15.9 Å². The number of nitrogens with two attached hydrogens (primary N) is 1. The number of amides is 1. The predicted molar refractivity (Wildman–Crippen MR) is 74.3 cm³/mol. The number of nitrogens with one attached hydrogen (secondary N) is 1. The number of carbonyl (C=O) groups is 1. The lowest BCUT2D eigenvalue weighted by molar-refractivity contribution is 0.0941. The summed E-state index contributed by atoms with van der Waals surface area (Å²) in [4.78, 5) is 11.9. The van der Waals surface area contributed by atoms with Gasteiger partial charge in [-0.2, -0.15) is 0 Å². The van der Waals surface area contributed by atoms with Gasteiger partial charge in [0.25, 0.3) is 5.91 Å². The average Bonchev–Trinajstić information content (AvgIpc) is 3.11. The highest BCUT2D eigenvalue weighted by atomic mass is 79.9. The average molecular weight is 313 g/mol. The number of halogens is 1. The van der Waals surface area contributed by atoms with Gasteiger partial charge in [-0.25, -0.2) is 0 Å². The van der Waals surface area contributed by atoms with Crippen molar-refractivity contribution >= 4 is 27.5 Å². The fraction of sp³-hybridized carbons (Fsp3) is 0.462. The number of rotatable bonds is 5. The first-order valence-corrected chi connectivity index (χ1v) is 6.80. The zero-order valence-electron chi connectivity index (χ0n) is 10.1. The molecule has 5 heteroatoms. The molecular formula is C13H17BrN2O2. The van der Waals surface area contributed by atoms with Gasteiger partial charge in [-0.15, -0.1) is 0 Å². The molecule has 2 rings (SSSR count). The van der Waals surface area contributed by atoms with Crippen molar-refractivity contribution in [1.29, 1.82) is 0 Å². The summed E-state index contributed by atoms with van der Waals surface area (Å²) >= 11 is 3.30. The molecule has 0 atom stereocenters. The number of aliphatic hydroxyl groups is 1. The maximum atomic E-state index is 11.9. The molecule has 0 radical (unpaired) electrons. The van der Waals surface area contributed by atoms with E-state index in [0.29, 0.717) is 17.8 Å². The number of hydrogen-bond acceptors (Lipinski definition) is 3. The lowest BCUT2D eigenvalue weighted by Gasteiger charge is -2.14. The molecule has 0 unspecified atom stereocenters. The second-order valence-corrected chi connectivity index (χ2v) is 5.75. The molecule has 1 aromatic carbocycles. The van der Waals surface area contributed by atoms with Gasteiger partial charge in [-0.05, 0) is 58.8 Å². The Hall–Kier alpha value is -1.07. The monoisotopic (exact) mass is 312 g/mol. The molecule has 18 heavy (non-hydrogen) atoms. The molecule has 0 aliphatic heterocycles. The molecule has 0 aromatic heterocycles. The number of aliphatic hydroxyl groups excluding tert-OH is 1. The van der Waals surface area contributed by atoms with Gasteiger partial charge in [0.05, 0.1) is 0 Å². The number of benzene rings is 1. The smallest absolute Gasteiger partial charge is 0.251 e. The maximum Gasteiger partial charge on any atom is 0.251 e. The number of nitrogen functional groups attached to an aromatic ring is 1. The largest absolute Gasteiger partial charge is 0.398 e. The van der Waals surface area contributed by atoms with Gasteiger partial charge in [0.15, 0.2) is 0 Å².